The monoisotopic (exact) mass is 420 g/mol. The second-order valence-electron chi connectivity index (χ2n) is 8.03. The minimum absolute atomic E-state index is 0.107. The first-order chi connectivity index (χ1) is 15.1. The first-order valence-electron chi connectivity index (χ1n) is 10.9. The number of hydrogen-bond donors (Lipinski definition) is 3. The average Bonchev–Trinajstić information content (AvgIpc) is 3.21. The highest BCUT2D eigenvalue weighted by molar-refractivity contribution is 6.04. The smallest absolute Gasteiger partial charge is 0.337 e. The van der Waals surface area contributed by atoms with Crippen molar-refractivity contribution in [1.29, 1.82) is 0 Å². The summed E-state index contributed by atoms with van der Waals surface area (Å²) in [6.07, 6.45) is 5.85. The molecule has 1 fully saturated rings. The quantitative estimate of drug-likeness (QED) is 0.516. The van der Waals surface area contributed by atoms with Crippen LogP contribution in [-0.4, -0.2) is 42.2 Å². The van der Waals surface area contributed by atoms with Gasteiger partial charge >= 0.3 is 5.97 Å². The lowest BCUT2D eigenvalue weighted by atomic mass is 9.81. The van der Waals surface area contributed by atoms with Crippen molar-refractivity contribution in [2.24, 2.45) is 0 Å². The molecule has 2 aromatic carbocycles. The summed E-state index contributed by atoms with van der Waals surface area (Å²) in [5.41, 5.74) is 4.89. The Morgan fingerprint density at radius 2 is 1.90 bits per heavy atom. The van der Waals surface area contributed by atoms with Crippen LogP contribution >= 0.6 is 0 Å². The molecule has 1 aliphatic carbocycles. The molecule has 1 aromatic heterocycles. The van der Waals surface area contributed by atoms with Crippen LogP contribution in [0.3, 0.4) is 0 Å². The molecule has 1 aliphatic rings. The van der Waals surface area contributed by atoms with E-state index in [1.807, 2.05) is 30.3 Å². The van der Waals surface area contributed by atoms with Gasteiger partial charge in [-0.25, -0.2) is 4.79 Å². The number of fused-ring (bicyclic) bond motifs is 1. The Balaban J connectivity index is 1.89. The highest BCUT2D eigenvalue weighted by Crippen LogP contribution is 2.43. The fraction of sp³-hybridized carbons (Fsp3) is 0.360. The highest BCUT2D eigenvalue weighted by atomic mass is 16.5. The fourth-order valence-electron chi connectivity index (χ4n) is 4.66. The Labute approximate surface area is 181 Å². The first-order valence-corrected chi connectivity index (χ1v) is 10.9. The van der Waals surface area contributed by atoms with E-state index in [-0.39, 0.29) is 25.0 Å². The van der Waals surface area contributed by atoms with Gasteiger partial charge in [-0.15, -0.1) is 0 Å². The first kappa shape index (κ1) is 21.1. The minimum atomic E-state index is -0.374. The molecule has 4 rings (SSSR count). The molecule has 162 valence electrons. The van der Waals surface area contributed by atoms with Gasteiger partial charge in [-0.05, 0) is 42.5 Å². The van der Waals surface area contributed by atoms with E-state index in [4.69, 9.17) is 9.84 Å². The SMILES string of the molecule is COC(=O)c1ccc2c(C3CCCCC3)c(-c3ccccc3C(=O)NCCO)[nH]c2c1. The van der Waals surface area contributed by atoms with E-state index >= 15 is 0 Å². The molecular formula is C25H28N2O4. The summed E-state index contributed by atoms with van der Waals surface area (Å²) in [4.78, 5) is 28.4. The number of amides is 1. The number of aromatic amines is 1. The minimum Gasteiger partial charge on any atom is -0.465 e. The molecule has 0 radical (unpaired) electrons. The average molecular weight is 421 g/mol. The Kier molecular flexibility index (Phi) is 6.37. The Bertz CT molecular complexity index is 1100. The molecule has 6 heteroatoms. The number of hydrogen-bond acceptors (Lipinski definition) is 4. The van der Waals surface area contributed by atoms with E-state index in [2.05, 4.69) is 10.3 Å². The Hall–Kier alpha value is -3.12. The van der Waals surface area contributed by atoms with Crippen LogP contribution in [0.5, 0.6) is 0 Å². The predicted octanol–water partition coefficient (Wildman–Crippen LogP) is 4.39. The largest absolute Gasteiger partial charge is 0.465 e. The van der Waals surface area contributed by atoms with Crippen LogP contribution in [0.2, 0.25) is 0 Å². The maximum atomic E-state index is 12.8. The fourth-order valence-corrected chi connectivity index (χ4v) is 4.66. The van der Waals surface area contributed by atoms with Crippen LogP contribution in [0.15, 0.2) is 42.5 Å². The van der Waals surface area contributed by atoms with Gasteiger partial charge in [0, 0.05) is 28.6 Å². The van der Waals surface area contributed by atoms with Gasteiger partial charge in [0.1, 0.15) is 0 Å². The summed E-state index contributed by atoms with van der Waals surface area (Å²) in [6.45, 7) is 0.0990. The third-order valence-corrected chi connectivity index (χ3v) is 6.11. The van der Waals surface area contributed by atoms with Crippen LogP contribution in [0.25, 0.3) is 22.2 Å². The van der Waals surface area contributed by atoms with Gasteiger partial charge in [0.25, 0.3) is 5.91 Å². The molecule has 0 aliphatic heterocycles. The van der Waals surface area contributed by atoms with E-state index in [0.29, 0.717) is 17.0 Å². The summed E-state index contributed by atoms with van der Waals surface area (Å²) in [7, 11) is 1.38. The summed E-state index contributed by atoms with van der Waals surface area (Å²) >= 11 is 0. The van der Waals surface area contributed by atoms with Crippen molar-refractivity contribution in [1.82, 2.24) is 10.3 Å². The number of carbonyl (C=O) groups excluding carboxylic acids is 2. The third-order valence-electron chi connectivity index (χ3n) is 6.11. The molecule has 0 unspecified atom stereocenters. The molecule has 3 aromatic rings. The van der Waals surface area contributed by atoms with Crippen molar-refractivity contribution in [2.45, 2.75) is 38.0 Å². The molecule has 31 heavy (non-hydrogen) atoms. The number of aliphatic hydroxyl groups excluding tert-OH is 1. The lowest BCUT2D eigenvalue weighted by molar-refractivity contribution is 0.0600. The zero-order valence-corrected chi connectivity index (χ0v) is 17.7. The third kappa shape index (κ3) is 4.21. The van der Waals surface area contributed by atoms with Crippen LogP contribution in [0.1, 0.15) is 64.3 Å². The zero-order valence-electron chi connectivity index (χ0n) is 17.7. The van der Waals surface area contributed by atoms with Crippen molar-refractivity contribution in [3.05, 3.63) is 59.2 Å². The predicted molar refractivity (Wildman–Crippen MR) is 120 cm³/mol. The van der Waals surface area contributed by atoms with Crippen molar-refractivity contribution < 1.29 is 19.4 Å². The molecule has 3 N–H and O–H groups in total. The number of esters is 1. The van der Waals surface area contributed by atoms with Gasteiger partial charge in [-0.1, -0.05) is 43.5 Å². The van der Waals surface area contributed by atoms with Crippen molar-refractivity contribution in [3.63, 3.8) is 0 Å². The molecule has 0 atom stereocenters. The van der Waals surface area contributed by atoms with Crippen molar-refractivity contribution in [3.8, 4) is 11.3 Å². The summed E-state index contributed by atoms with van der Waals surface area (Å²) in [6, 6.07) is 13.1. The number of methoxy groups -OCH3 is 1. The number of benzene rings is 2. The number of aliphatic hydroxyl groups is 1. The van der Waals surface area contributed by atoms with Crippen LogP contribution in [0, 0.1) is 0 Å². The summed E-state index contributed by atoms with van der Waals surface area (Å²) in [5, 5.41) is 12.9. The van der Waals surface area contributed by atoms with Crippen LogP contribution in [0.4, 0.5) is 0 Å². The van der Waals surface area contributed by atoms with Gasteiger partial charge in [0.2, 0.25) is 0 Å². The van der Waals surface area contributed by atoms with E-state index in [0.717, 1.165) is 35.0 Å². The molecule has 1 heterocycles. The Morgan fingerprint density at radius 3 is 2.65 bits per heavy atom. The normalized spacial score (nSPS) is 14.5. The number of H-pyrrole nitrogens is 1. The van der Waals surface area contributed by atoms with E-state index < -0.39 is 0 Å². The molecular weight excluding hydrogens is 392 g/mol. The molecule has 1 amide bonds. The summed E-state index contributed by atoms with van der Waals surface area (Å²) < 4.78 is 4.89. The number of rotatable bonds is 6. The van der Waals surface area contributed by atoms with E-state index in [9.17, 15) is 9.59 Å². The maximum Gasteiger partial charge on any atom is 0.337 e. The number of carbonyl (C=O) groups is 2. The second kappa shape index (κ2) is 9.35. The second-order valence-corrected chi connectivity index (χ2v) is 8.03. The molecule has 1 saturated carbocycles. The van der Waals surface area contributed by atoms with Gasteiger partial charge in [0.15, 0.2) is 0 Å². The Morgan fingerprint density at radius 1 is 1.13 bits per heavy atom. The van der Waals surface area contributed by atoms with Gasteiger partial charge in [-0.3, -0.25) is 4.79 Å². The standard InChI is InChI=1S/C25H28N2O4/c1-31-25(30)17-11-12-20-21(15-17)27-23(22(20)16-7-3-2-4-8-16)18-9-5-6-10-19(18)24(29)26-13-14-28/h5-6,9-12,15-16,27-28H,2-4,7-8,13-14H2,1H3,(H,26,29). The van der Waals surface area contributed by atoms with Crippen LogP contribution in [-0.2, 0) is 4.74 Å². The number of nitrogens with one attached hydrogen (secondary N) is 2. The number of ether oxygens (including phenoxy) is 1. The van der Waals surface area contributed by atoms with Gasteiger partial charge in [-0.2, -0.15) is 0 Å². The molecule has 0 saturated heterocycles. The lowest BCUT2D eigenvalue weighted by Gasteiger charge is -2.23. The summed E-state index contributed by atoms with van der Waals surface area (Å²) in [5.74, 6) is -0.191. The van der Waals surface area contributed by atoms with Crippen LogP contribution < -0.4 is 5.32 Å². The number of aromatic nitrogens is 1. The topological polar surface area (TPSA) is 91.4 Å². The van der Waals surface area contributed by atoms with Gasteiger partial charge < -0.3 is 20.1 Å². The molecule has 0 spiro atoms. The lowest BCUT2D eigenvalue weighted by Crippen LogP contribution is -2.26. The van der Waals surface area contributed by atoms with E-state index in [1.165, 1.54) is 31.9 Å². The molecule has 6 nitrogen and oxygen atoms in total. The van der Waals surface area contributed by atoms with Gasteiger partial charge in [0.05, 0.1) is 25.0 Å². The highest BCUT2D eigenvalue weighted by Gasteiger charge is 2.26. The zero-order chi connectivity index (χ0) is 21.8. The van der Waals surface area contributed by atoms with E-state index in [1.54, 1.807) is 12.1 Å². The molecule has 0 bridgehead atoms. The maximum absolute atomic E-state index is 12.8. The van der Waals surface area contributed by atoms with Crippen molar-refractivity contribution in [2.75, 3.05) is 20.3 Å². The van der Waals surface area contributed by atoms with Crippen molar-refractivity contribution >= 4 is 22.8 Å².